The molecule has 3 aromatic carbocycles. The largest absolute Gasteiger partial charge is 0.275 e. The van der Waals surface area contributed by atoms with Gasteiger partial charge in [0.1, 0.15) is 5.82 Å². The third kappa shape index (κ3) is 2.75. The minimum atomic E-state index is 0.625. The van der Waals surface area contributed by atoms with Crippen molar-refractivity contribution in [2.75, 3.05) is 0 Å². The maximum Gasteiger partial charge on any atom is 0.199 e. The van der Waals surface area contributed by atoms with Crippen LogP contribution in [-0.4, -0.2) is 19.5 Å². The molecule has 0 aliphatic heterocycles. The summed E-state index contributed by atoms with van der Waals surface area (Å²) in [6, 6.07) is 23.8. The maximum atomic E-state index is 6.07. The summed E-state index contributed by atoms with van der Waals surface area (Å²) in [6.07, 6.45) is 0. The quantitative estimate of drug-likeness (QED) is 0.406. The van der Waals surface area contributed by atoms with Gasteiger partial charge in [-0.1, -0.05) is 35.9 Å². The monoisotopic (exact) mass is 370 g/mol. The van der Waals surface area contributed by atoms with Crippen LogP contribution < -0.4 is 0 Å². The Morgan fingerprint density at radius 3 is 2.26 bits per heavy atom. The van der Waals surface area contributed by atoms with Crippen LogP contribution in [0.25, 0.3) is 39.4 Å². The standard InChI is InChI=1S/C22H15ClN4/c1-14-5-4-6-17(13-14)27-21(15-9-11-16(23)12-10-15)26-20-22(27)25-19-8-3-2-7-18(19)24-20/h2-13H,1H3. The summed E-state index contributed by atoms with van der Waals surface area (Å²) in [5.74, 6) is 0.794. The smallest absolute Gasteiger partial charge is 0.199 e. The molecule has 0 fully saturated rings. The molecule has 0 atom stereocenters. The molecule has 0 bridgehead atoms. The molecule has 0 aliphatic rings. The first-order valence-electron chi connectivity index (χ1n) is 8.67. The van der Waals surface area contributed by atoms with E-state index in [9.17, 15) is 0 Å². The van der Waals surface area contributed by atoms with E-state index >= 15 is 0 Å². The summed E-state index contributed by atoms with van der Waals surface area (Å²) in [4.78, 5) is 14.4. The number of imidazole rings is 1. The Morgan fingerprint density at radius 2 is 1.52 bits per heavy atom. The predicted molar refractivity (Wildman–Crippen MR) is 109 cm³/mol. The van der Waals surface area contributed by atoms with Crippen LogP contribution in [0.1, 0.15) is 5.56 Å². The van der Waals surface area contributed by atoms with Crippen molar-refractivity contribution in [2.24, 2.45) is 0 Å². The second-order valence-electron chi connectivity index (χ2n) is 6.48. The van der Waals surface area contributed by atoms with Crippen molar-refractivity contribution in [3.63, 3.8) is 0 Å². The van der Waals surface area contributed by atoms with Crippen molar-refractivity contribution in [3.05, 3.63) is 83.4 Å². The highest BCUT2D eigenvalue weighted by molar-refractivity contribution is 6.30. The average molecular weight is 371 g/mol. The topological polar surface area (TPSA) is 43.6 Å². The minimum Gasteiger partial charge on any atom is -0.275 e. The number of benzene rings is 3. The van der Waals surface area contributed by atoms with E-state index in [0.717, 1.165) is 33.8 Å². The second kappa shape index (κ2) is 6.18. The van der Waals surface area contributed by atoms with Crippen molar-refractivity contribution < 1.29 is 0 Å². The molecule has 4 nitrogen and oxygen atoms in total. The van der Waals surface area contributed by atoms with E-state index in [4.69, 9.17) is 26.6 Å². The molecule has 130 valence electrons. The lowest BCUT2D eigenvalue weighted by Gasteiger charge is -2.10. The zero-order valence-corrected chi connectivity index (χ0v) is 15.4. The van der Waals surface area contributed by atoms with Crippen LogP contribution in [-0.2, 0) is 0 Å². The van der Waals surface area contributed by atoms with Gasteiger partial charge in [-0.3, -0.25) is 4.57 Å². The first kappa shape index (κ1) is 16.0. The number of rotatable bonds is 2. The zero-order chi connectivity index (χ0) is 18.4. The number of hydrogen-bond donors (Lipinski definition) is 0. The van der Waals surface area contributed by atoms with E-state index in [-0.39, 0.29) is 0 Å². The van der Waals surface area contributed by atoms with E-state index in [2.05, 4.69) is 29.7 Å². The number of aromatic nitrogens is 4. The van der Waals surface area contributed by atoms with Gasteiger partial charge in [0.25, 0.3) is 0 Å². The molecule has 0 radical (unpaired) electrons. The van der Waals surface area contributed by atoms with Gasteiger partial charge < -0.3 is 0 Å². The Balaban J connectivity index is 1.88. The molecule has 0 saturated heterocycles. The summed E-state index contributed by atoms with van der Waals surface area (Å²) in [5, 5.41) is 0.693. The first-order valence-corrected chi connectivity index (χ1v) is 9.05. The highest BCUT2D eigenvalue weighted by Gasteiger charge is 2.17. The number of fused-ring (bicyclic) bond motifs is 2. The van der Waals surface area contributed by atoms with Crippen LogP contribution in [0, 0.1) is 6.92 Å². The lowest BCUT2D eigenvalue weighted by atomic mass is 10.2. The molecule has 5 rings (SSSR count). The van der Waals surface area contributed by atoms with E-state index in [1.54, 1.807) is 0 Å². The Bertz CT molecular complexity index is 1290. The van der Waals surface area contributed by atoms with Crippen molar-refractivity contribution in [2.45, 2.75) is 6.92 Å². The molecular weight excluding hydrogens is 356 g/mol. The normalized spacial score (nSPS) is 11.3. The molecule has 5 aromatic rings. The summed E-state index contributed by atoms with van der Waals surface area (Å²) >= 11 is 6.07. The van der Waals surface area contributed by atoms with Crippen molar-refractivity contribution >= 4 is 33.9 Å². The molecule has 0 amide bonds. The van der Waals surface area contributed by atoms with E-state index in [0.29, 0.717) is 10.7 Å². The Morgan fingerprint density at radius 1 is 0.778 bits per heavy atom. The summed E-state index contributed by atoms with van der Waals surface area (Å²) < 4.78 is 2.06. The van der Waals surface area contributed by atoms with Crippen molar-refractivity contribution in [1.29, 1.82) is 0 Å². The average Bonchev–Trinajstić information content (AvgIpc) is 3.05. The molecule has 0 aliphatic carbocycles. The van der Waals surface area contributed by atoms with Crippen molar-refractivity contribution in [3.8, 4) is 17.1 Å². The Labute approximate surface area is 161 Å². The van der Waals surface area contributed by atoms with E-state index in [1.165, 1.54) is 5.56 Å². The highest BCUT2D eigenvalue weighted by atomic mass is 35.5. The van der Waals surface area contributed by atoms with E-state index in [1.807, 2.05) is 54.6 Å². The summed E-state index contributed by atoms with van der Waals surface area (Å²) in [6.45, 7) is 2.08. The molecule has 0 unspecified atom stereocenters. The fraction of sp³-hybridized carbons (Fsp3) is 0.0455. The van der Waals surface area contributed by atoms with Gasteiger partial charge in [0.15, 0.2) is 11.3 Å². The third-order valence-corrected chi connectivity index (χ3v) is 4.78. The SMILES string of the molecule is Cc1cccc(-n2c(-c3ccc(Cl)cc3)nc3nc4ccccc4nc32)c1. The lowest BCUT2D eigenvalue weighted by Crippen LogP contribution is -1.99. The number of nitrogens with zero attached hydrogens (tertiary/aromatic N) is 4. The lowest BCUT2D eigenvalue weighted by molar-refractivity contribution is 1.08. The van der Waals surface area contributed by atoms with Gasteiger partial charge >= 0.3 is 0 Å². The van der Waals surface area contributed by atoms with Gasteiger partial charge in [-0.05, 0) is 61.0 Å². The van der Waals surface area contributed by atoms with Crippen molar-refractivity contribution in [1.82, 2.24) is 19.5 Å². The second-order valence-corrected chi connectivity index (χ2v) is 6.91. The molecule has 0 spiro atoms. The Kier molecular flexibility index (Phi) is 3.66. The number of para-hydroxylation sites is 2. The highest BCUT2D eigenvalue weighted by Crippen LogP contribution is 2.29. The molecular formula is C22H15ClN4. The summed E-state index contributed by atoms with van der Waals surface area (Å²) in [7, 11) is 0. The number of hydrogen-bond acceptors (Lipinski definition) is 3. The van der Waals surface area contributed by atoms with Gasteiger partial charge in [-0.25, -0.2) is 15.0 Å². The number of aryl methyl sites for hydroxylation is 1. The van der Waals surface area contributed by atoms with Gasteiger partial charge in [0, 0.05) is 16.3 Å². The molecule has 0 N–H and O–H groups in total. The molecule has 2 aromatic heterocycles. The fourth-order valence-electron chi connectivity index (χ4n) is 3.26. The van der Waals surface area contributed by atoms with Gasteiger partial charge in [-0.15, -0.1) is 0 Å². The Hall–Kier alpha value is -3.24. The molecule has 2 heterocycles. The number of halogens is 1. The first-order chi connectivity index (χ1) is 13.2. The van der Waals surface area contributed by atoms with Crippen LogP contribution in [0.5, 0.6) is 0 Å². The third-order valence-electron chi connectivity index (χ3n) is 4.53. The van der Waals surface area contributed by atoms with Gasteiger partial charge in [0.05, 0.1) is 11.0 Å². The fourth-order valence-corrected chi connectivity index (χ4v) is 3.39. The van der Waals surface area contributed by atoms with Crippen LogP contribution >= 0.6 is 11.6 Å². The predicted octanol–water partition coefficient (Wildman–Crippen LogP) is 5.60. The van der Waals surface area contributed by atoms with Gasteiger partial charge in [-0.2, -0.15) is 0 Å². The van der Waals surface area contributed by atoms with E-state index < -0.39 is 0 Å². The van der Waals surface area contributed by atoms with Crippen LogP contribution in [0.2, 0.25) is 5.02 Å². The van der Waals surface area contributed by atoms with Crippen LogP contribution in [0.3, 0.4) is 0 Å². The van der Waals surface area contributed by atoms with Crippen LogP contribution in [0.15, 0.2) is 72.8 Å². The zero-order valence-electron chi connectivity index (χ0n) is 14.6. The van der Waals surface area contributed by atoms with Gasteiger partial charge in [0.2, 0.25) is 0 Å². The molecule has 27 heavy (non-hydrogen) atoms. The summed E-state index contributed by atoms with van der Waals surface area (Å²) in [5.41, 5.74) is 6.19. The molecule has 0 saturated carbocycles. The minimum absolute atomic E-state index is 0.625. The maximum absolute atomic E-state index is 6.07. The van der Waals surface area contributed by atoms with Crippen LogP contribution in [0.4, 0.5) is 0 Å². The molecule has 5 heteroatoms.